The van der Waals surface area contributed by atoms with Gasteiger partial charge < -0.3 is 14.4 Å². The number of amides is 1. The summed E-state index contributed by atoms with van der Waals surface area (Å²) in [5.41, 5.74) is 1.98. The van der Waals surface area contributed by atoms with E-state index in [1.165, 1.54) is 5.56 Å². The minimum absolute atomic E-state index is 0.211. The number of hydrogen-bond acceptors (Lipinski definition) is 3. The molecule has 1 aromatic carbocycles. The molecule has 2 rings (SSSR count). The van der Waals surface area contributed by atoms with Crippen LogP contribution in [0.25, 0.3) is 0 Å². The van der Waals surface area contributed by atoms with E-state index in [-0.39, 0.29) is 6.09 Å². The SMILES string of the molecule is CCOc1ccc(C2CCN(C(=O)OC(C)(C)C)C2)cc1C. The first-order valence-corrected chi connectivity index (χ1v) is 8.01. The first-order chi connectivity index (χ1) is 10.3. The third-order valence-corrected chi connectivity index (χ3v) is 3.81. The lowest BCUT2D eigenvalue weighted by Gasteiger charge is -2.24. The van der Waals surface area contributed by atoms with Gasteiger partial charge in [0.15, 0.2) is 0 Å². The molecule has 1 unspecified atom stereocenters. The Labute approximate surface area is 133 Å². The van der Waals surface area contributed by atoms with Gasteiger partial charge in [-0.2, -0.15) is 0 Å². The van der Waals surface area contributed by atoms with E-state index in [0.29, 0.717) is 12.5 Å². The predicted octanol–water partition coefficient (Wildman–Crippen LogP) is 4.12. The number of nitrogens with zero attached hydrogens (tertiary/aromatic N) is 1. The monoisotopic (exact) mass is 305 g/mol. The highest BCUT2D eigenvalue weighted by atomic mass is 16.6. The summed E-state index contributed by atoms with van der Waals surface area (Å²) in [5.74, 6) is 1.31. The zero-order valence-electron chi connectivity index (χ0n) is 14.3. The van der Waals surface area contributed by atoms with E-state index in [2.05, 4.69) is 19.1 Å². The van der Waals surface area contributed by atoms with E-state index in [9.17, 15) is 4.79 Å². The van der Waals surface area contributed by atoms with Gasteiger partial charge >= 0.3 is 6.09 Å². The van der Waals surface area contributed by atoms with Crippen LogP contribution in [0.2, 0.25) is 0 Å². The van der Waals surface area contributed by atoms with E-state index >= 15 is 0 Å². The second-order valence-electron chi connectivity index (χ2n) is 6.87. The van der Waals surface area contributed by atoms with Gasteiger partial charge in [0, 0.05) is 19.0 Å². The molecule has 0 N–H and O–H groups in total. The van der Waals surface area contributed by atoms with Gasteiger partial charge in [0.25, 0.3) is 0 Å². The number of carbonyl (C=O) groups is 1. The van der Waals surface area contributed by atoms with Crippen LogP contribution in [-0.4, -0.2) is 36.3 Å². The van der Waals surface area contributed by atoms with Crippen LogP contribution in [0.1, 0.15) is 51.2 Å². The molecule has 1 amide bonds. The molecule has 1 atom stereocenters. The van der Waals surface area contributed by atoms with Crippen molar-refractivity contribution in [1.29, 1.82) is 0 Å². The van der Waals surface area contributed by atoms with Crippen LogP contribution in [0.3, 0.4) is 0 Å². The molecular formula is C18H27NO3. The Bertz CT molecular complexity index is 534. The van der Waals surface area contributed by atoms with Crippen molar-refractivity contribution in [2.75, 3.05) is 19.7 Å². The van der Waals surface area contributed by atoms with Crippen molar-refractivity contribution in [2.24, 2.45) is 0 Å². The third-order valence-electron chi connectivity index (χ3n) is 3.81. The number of rotatable bonds is 3. The number of ether oxygens (including phenoxy) is 2. The Morgan fingerprint density at radius 3 is 2.68 bits per heavy atom. The normalized spacial score (nSPS) is 18.4. The fraction of sp³-hybridized carbons (Fsp3) is 0.611. The number of carbonyl (C=O) groups excluding carboxylic acids is 1. The molecule has 1 aliphatic heterocycles. The van der Waals surface area contributed by atoms with Crippen LogP contribution >= 0.6 is 0 Å². The number of aryl methyl sites for hydroxylation is 1. The van der Waals surface area contributed by atoms with Crippen LogP contribution in [-0.2, 0) is 4.74 Å². The highest BCUT2D eigenvalue weighted by Gasteiger charge is 2.30. The molecule has 0 aromatic heterocycles. The first kappa shape index (κ1) is 16.7. The van der Waals surface area contributed by atoms with E-state index in [1.807, 2.05) is 38.7 Å². The maximum Gasteiger partial charge on any atom is 0.410 e. The summed E-state index contributed by atoms with van der Waals surface area (Å²) in [6.07, 6.45) is 0.768. The Hall–Kier alpha value is -1.71. The lowest BCUT2D eigenvalue weighted by atomic mass is 9.96. The maximum absolute atomic E-state index is 12.1. The molecule has 0 aliphatic carbocycles. The topological polar surface area (TPSA) is 38.8 Å². The van der Waals surface area contributed by atoms with Gasteiger partial charge in [-0.05, 0) is 58.2 Å². The Morgan fingerprint density at radius 1 is 1.36 bits per heavy atom. The zero-order valence-corrected chi connectivity index (χ0v) is 14.3. The largest absolute Gasteiger partial charge is 0.494 e. The fourth-order valence-electron chi connectivity index (χ4n) is 2.77. The van der Waals surface area contributed by atoms with Crippen molar-refractivity contribution in [2.45, 2.75) is 52.6 Å². The van der Waals surface area contributed by atoms with Crippen molar-refractivity contribution >= 4 is 6.09 Å². The molecule has 4 heteroatoms. The van der Waals surface area contributed by atoms with Crippen molar-refractivity contribution in [3.8, 4) is 5.75 Å². The minimum Gasteiger partial charge on any atom is -0.494 e. The molecule has 1 aromatic rings. The summed E-state index contributed by atoms with van der Waals surface area (Å²) < 4.78 is 11.0. The molecule has 0 bridgehead atoms. The summed E-state index contributed by atoms with van der Waals surface area (Å²) in [5, 5.41) is 0. The van der Waals surface area contributed by atoms with Crippen molar-refractivity contribution in [1.82, 2.24) is 4.90 Å². The molecule has 0 radical (unpaired) electrons. The third kappa shape index (κ3) is 4.15. The summed E-state index contributed by atoms with van der Waals surface area (Å²) in [6, 6.07) is 6.32. The van der Waals surface area contributed by atoms with Gasteiger partial charge in [-0.25, -0.2) is 4.79 Å². The molecule has 1 heterocycles. The smallest absolute Gasteiger partial charge is 0.410 e. The molecular weight excluding hydrogens is 278 g/mol. The summed E-state index contributed by atoms with van der Waals surface area (Å²) in [6.45, 7) is 11.9. The quantitative estimate of drug-likeness (QED) is 0.843. The highest BCUT2D eigenvalue weighted by molar-refractivity contribution is 5.68. The van der Waals surface area contributed by atoms with E-state index < -0.39 is 5.60 Å². The number of benzene rings is 1. The van der Waals surface area contributed by atoms with Crippen LogP contribution < -0.4 is 4.74 Å². The molecule has 4 nitrogen and oxygen atoms in total. The lowest BCUT2D eigenvalue weighted by molar-refractivity contribution is 0.0292. The molecule has 1 fully saturated rings. The van der Waals surface area contributed by atoms with Gasteiger partial charge in [-0.1, -0.05) is 12.1 Å². The molecule has 122 valence electrons. The number of likely N-dealkylation sites (tertiary alicyclic amines) is 1. The minimum atomic E-state index is -0.440. The van der Waals surface area contributed by atoms with Gasteiger partial charge in [0.05, 0.1) is 6.61 Å². The predicted molar refractivity (Wildman–Crippen MR) is 87.5 cm³/mol. The summed E-state index contributed by atoms with van der Waals surface area (Å²) in [7, 11) is 0. The summed E-state index contributed by atoms with van der Waals surface area (Å²) >= 11 is 0. The second-order valence-corrected chi connectivity index (χ2v) is 6.87. The Balaban J connectivity index is 2.01. The lowest BCUT2D eigenvalue weighted by Crippen LogP contribution is -2.35. The van der Waals surface area contributed by atoms with E-state index in [1.54, 1.807) is 0 Å². The number of hydrogen-bond donors (Lipinski definition) is 0. The van der Waals surface area contributed by atoms with Gasteiger partial charge in [-0.3, -0.25) is 0 Å². The van der Waals surface area contributed by atoms with E-state index in [0.717, 1.165) is 30.8 Å². The molecule has 0 saturated carbocycles. The molecule has 1 aliphatic rings. The van der Waals surface area contributed by atoms with Crippen molar-refractivity contribution in [3.63, 3.8) is 0 Å². The summed E-state index contributed by atoms with van der Waals surface area (Å²) in [4.78, 5) is 13.9. The van der Waals surface area contributed by atoms with Crippen LogP contribution in [0.15, 0.2) is 18.2 Å². The Kier molecular flexibility index (Phi) is 4.99. The molecule has 1 saturated heterocycles. The van der Waals surface area contributed by atoms with Gasteiger partial charge in [-0.15, -0.1) is 0 Å². The Morgan fingerprint density at radius 2 is 2.09 bits per heavy atom. The maximum atomic E-state index is 12.1. The van der Waals surface area contributed by atoms with Gasteiger partial charge in [0.1, 0.15) is 11.4 Å². The second kappa shape index (κ2) is 6.59. The van der Waals surface area contributed by atoms with Gasteiger partial charge in [0.2, 0.25) is 0 Å². The van der Waals surface area contributed by atoms with Crippen LogP contribution in [0, 0.1) is 6.92 Å². The fourth-order valence-corrected chi connectivity index (χ4v) is 2.77. The van der Waals surface area contributed by atoms with Crippen molar-refractivity contribution in [3.05, 3.63) is 29.3 Å². The molecule has 22 heavy (non-hydrogen) atoms. The first-order valence-electron chi connectivity index (χ1n) is 8.01. The highest BCUT2D eigenvalue weighted by Crippen LogP contribution is 2.31. The zero-order chi connectivity index (χ0) is 16.3. The average molecular weight is 305 g/mol. The van der Waals surface area contributed by atoms with Crippen LogP contribution in [0.5, 0.6) is 5.75 Å². The standard InChI is InChI=1S/C18H27NO3/c1-6-21-16-8-7-14(11-13(16)2)15-9-10-19(12-15)17(20)22-18(3,4)5/h7-8,11,15H,6,9-10,12H2,1-5H3. The van der Waals surface area contributed by atoms with Crippen LogP contribution in [0.4, 0.5) is 4.79 Å². The van der Waals surface area contributed by atoms with E-state index in [4.69, 9.17) is 9.47 Å². The molecule has 0 spiro atoms. The van der Waals surface area contributed by atoms with Crippen molar-refractivity contribution < 1.29 is 14.3 Å². The average Bonchev–Trinajstić information content (AvgIpc) is 2.89.